The van der Waals surface area contributed by atoms with Crippen LogP contribution in [-0.2, 0) is 22.6 Å². The molecule has 0 saturated carbocycles. The van der Waals surface area contributed by atoms with Crippen LogP contribution < -0.4 is 26.0 Å². The first-order valence-corrected chi connectivity index (χ1v) is 18.0. The Bertz CT molecular complexity index is 1780. The third-order valence-electron chi connectivity index (χ3n) is 9.00. The average Bonchev–Trinajstić information content (AvgIpc) is 3.17. The SMILES string of the molecule is COc1ccc(N(CCCCC(NC(=O)CC(N)Cc2ccc(Cl)cc2)C(=O)Nc2ccc(CO)cc2)C(c2ccccc2)c2ccccc2)cc1. The van der Waals surface area contributed by atoms with E-state index in [9.17, 15) is 14.7 Å². The zero-order valence-corrected chi connectivity index (χ0v) is 30.2. The highest BCUT2D eigenvalue weighted by molar-refractivity contribution is 6.30. The number of ether oxygens (including phenoxy) is 1. The van der Waals surface area contributed by atoms with Crippen molar-refractivity contribution in [1.29, 1.82) is 0 Å². The fraction of sp³-hybridized carbons (Fsp3) is 0.256. The van der Waals surface area contributed by atoms with Gasteiger partial charge in [-0.3, -0.25) is 9.59 Å². The molecule has 0 aliphatic carbocycles. The lowest BCUT2D eigenvalue weighted by Gasteiger charge is -2.35. The molecule has 52 heavy (non-hydrogen) atoms. The quantitative estimate of drug-likeness (QED) is 0.0691. The van der Waals surface area contributed by atoms with Crippen LogP contribution in [0.2, 0.25) is 5.02 Å². The average molecular weight is 719 g/mol. The summed E-state index contributed by atoms with van der Waals surface area (Å²) in [7, 11) is 1.66. The molecule has 5 aromatic carbocycles. The largest absolute Gasteiger partial charge is 0.497 e. The number of nitrogens with zero attached hydrogens (tertiary/aromatic N) is 1. The second-order valence-corrected chi connectivity index (χ2v) is 13.3. The molecule has 2 atom stereocenters. The van der Waals surface area contributed by atoms with Crippen molar-refractivity contribution in [3.63, 3.8) is 0 Å². The highest BCUT2D eigenvalue weighted by Gasteiger charge is 2.25. The summed E-state index contributed by atoms with van der Waals surface area (Å²) in [4.78, 5) is 29.3. The van der Waals surface area contributed by atoms with Crippen molar-refractivity contribution in [2.24, 2.45) is 5.73 Å². The second-order valence-electron chi connectivity index (χ2n) is 12.9. The Morgan fingerprint density at radius 2 is 1.38 bits per heavy atom. The molecule has 5 N–H and O–H groups in total. The van der Waals surface area contributed by atoms with Gasteiger partial charge in [-0.25, -0.2) is 0 Å². The first kappa shape index (κ1) is 38.1. The molecule has 2 amide bonds. The molecule has 0 aliphatic heterocycles. The molecule has 0 spiro atoms. The normalized spacial score (nSPS) is 12.2. The number of carbonyl (C=O) groups excluding carboxylic acids is 2. The summed E-state index contributed by atoms with van der Waals surface area (Å²) in [6.07, 6.45) is 2.42. The van der Waals surface area contributed by atoms with Crippen molar-refractivity contribution in [3.05, 3.63) is 161 Å². The summed E-state index contributed by atoms with van der Waals surface area (Å²) in [5.41, 5.74) is 12.0. The predicted molar refractivity (Wildman–Crippen MR) is 210 cm³/mol. The van der Waals surface area contributed by atoms with E-state index in [0.717, 1.165) is 40.1 Å². The number of anilines is 2. The van der Waals surface area contributed by atoms with Gasteiger partial charge < -0.3 is 31.1 Å². The molecule has 0 radical (unpaired) electrons. The van der Waals surface area contributed by atoms with Crippen molar-refractivity contribution < 1.29 is 19.4 Å². The molecule has 9 heteroatoms. The first-order valence-electron chi connectivity index (χ1n) is 17.6. The van der Waals surface area contributed by atoms with Crippen LogP contribution in [0, 0.1) is 0 Å². The molecule has 0 heterocycles. The van der Waals surface area contributed by atoms with Crippen LogP contribution in [0.3, 0.4) is 0 Å². The smallest absolute Gasteiger partial charge is 0.246 e. The summed E-state index contributed by atoms with van der Waals surface area (Å²) in [6.45, 7) is 0.601. The van der Waals surface area contributed by atoms with Crippen LogP contribution in [-0.4, -0.2) is 42.7 Å². The molecular formula is C43H47ClN4O4. The number of benzene rings is 5. The van der Waals surface area contributed by atoms with Gasteiger partial charge in [-0.05, 0) is 96.5 Å². The van der Waals surface area contributed by atoms with Gasteiger partial charge in [0.15, 0.2) is 0 Å². The molecule has 2 unspecified atom stereocenters. The van der Waals surface area contributed by atoms with Crippen LogP contribution in [0.25, 0.3) is 0 Å². The predicted octanol–water partition coefficient (Wildman–Crippen LogP) is 7.69. The molecule has 0 aliphatic rings. The molecule has 0 bridgehead atoms. The third-order valence-corrected chi connectivity index (χ3v) is 9.25. The van der Waals surface area contributed by atoms with Crippen LogP contribution in [0.5, 0.6) is 5.75 Å². The van der Waals surface area contributed by atoms with Gasteiger partial charge in [-0.1, -0.05) is 96.5 Å². The Hall–Kier alpha value is -5.15. The van der Waals surface area contributed by atoms with Crippen molar-refractivity contribution >= 4 is 34.8 Å². The highest BCUT2D eigenvalue weighted by atomic mass is 35.5. The lowest BCUT2D eigenvalue weighted by Crippen LogP contribution is -2.45. The van der Waals surface area contributed by atoms with Gasteiger partial charge in [0.05, 0.1) is 19.8 Å². The number of nitrogens with one attached hydrogen (secondary N) is 2. The number of carbonyl (C=O) groups is 2. The topological polar surface area (TPSA) is 117 Å². The summed E-state index contributed by atoms with van der Waals surface area (Å²) in [6, 6.07) is 42.1. The molecule has 270 valence electrons. The van der Waals surface area contributed by atoms with Gasteiger partial charge in [0.1, 0.15) is 11.8 Å². The van der Waals surface area contributed by atoms with E-state index in [0.29, 0.717) is 36.5 Å². The van der Waals surface area contributed by atoms with Gasteiger partial charge in [0, 0.05) is 35.4 Å². The van der Waals surface area contributed by atoms with E-state index >= 15 is 0 Å². The number of aliphatic hydroxyl groups is 1. The Kier molecular flexibility index (Phi) is 14.3. The van der Waals surface area contributed by atoms with E-state index in [4.69, 9.17) is 22.1 Å². The third kappa shape index (κ3) is 11.2. The van der Waals surface area contributed by atoms with E-state index in [-0.39, 0.29) is 30.9 Å². The number of hydrogen-bond acceptors (Lipinski definition) is 6. The summed E-state index contributed by atoms with van der Waals surface area (Å²) in [5, 5.41) is 16.0. The van der Waals surface area contributed by atoms with Crippen LogP contribution >= 0.6 is 11.6 Å². The lowest BCUT2D eigenvalue weighted by molar-refractivity contribution is -0.126. The van der Waals surface area contributed by atoms with Crippen molar-refractivity contribution in [1.82, 2.24) is 5.32 Å². The minimum atomic E-state index is -0.777. The van der Waals surface area contributed by atoms with Crippen LogP contribution in [0.15, 0.2) is 133 Å². The molecule has 8 nitrogen and oxygen atoms in total. The van der Waals surface area contributed by atoms with E-state index in [1.807, 2.05) is 36.4 Å². The van der Waals surface area contributed by atoms with Crippen LogP contribution in [0.1, 0.15) is 54.0 Å². The zero-order valence-electron chi connectivity index (χ0n) is 29.5. The maximum Gasteiger partial charge on any atom is 0.246 e. The Balaban J connectivity index is 1.31. The number of nitrogens with two attached hydrogens (primary N) is 1. The Morgan fingerprint density at radius 1 is 0.788 bits per heavy atom. The van der Waals surface area contributed by atoms with E-state index in [2.05, 4.69) is 76.2 Å². The maximum atomic E-state index is 13.7. The molecule has 5 aromatic rings. The van der Waals surface area contributed by atoms with E-state index in [1.54, 1.807) is 43.5 Å². The van der Waals surface area contributed by atoms with Crippen molar-refractivity contribution in [2.75, 3.05) is 23.9 Å². The number of hydrogen-bond donors (Lipinski definition) is 4. The van der Waals surface area contributed by atoms with Gasteiger partial charge in [-0.15, -0.1) is 0 Å². The number of unbranched alkanes of at least 4 members (excludes halogenated alkanes) is 1. The van der Waals surface area contributed by atoms with Crippen molar-refractivity contribution in [3.8, 4) is 5.75 Å². The maximum absolute atomic E-state index is 13.7. The van der Waals surface area contributed by atoms with Gasteiger partial charge in [0.25, 0.3) is 0 Å². The van der Waals surface area contributed by atoms with Gasteiger partial charge in [0.2, 0.25) is 11.8 Å². The minimum Gasteiger partial charge on any atom is -0.497 e. The summed E-state index contributed by atoms with van der Waals surface area (Å²) >= 11 is 6.02. The number of methoxy groups -OCH3 is 1. The summed E-state index contributed by atoms with van der Waals surface area (Å²) in [5.74, 6) is 0.184. The monoisotopic (exact) mass is 718 g/mol. The number of halogens is 1. The fourth-order valence-electron chi connectivity index (χ4n) is 6.31. The van der Waals surface area contributed by atoms with Gasteiger partial charge in [-0.2, -0.15) is 0 Å². The van der Waals surface area contributed by atoms with Crippen molar-refractivity contribution in [2.45, 2.75) is 56.8 Å². The van der Waals surface area contributed by atoms with E-state index in [1.165, 1.54) is 0 Å². The molecular weight excluding hydrogens is 672 g/mol. The molecule has 0 aromatic heterocycles. The molecule has 0 fully saturated rings. The van der Waals surface area contributed by atoms with Gasteiger partial charge >= 0.3 is 0 Å². The van der Waals surface area contributed by atoms with Crippen LogP contribution in [0.4, 0.5) is 11.4 Å². The number of amides is 2. The Morgan fingerprint density at radius 3 is 1.96 bits per heavy atom. The number of aliphatic hydroxyl groups excluding tert-OH is 1. The fourth-order valence-corrected chi connectivity index (χ4v) is 6.44. The molecule has 5 rings (SSSR count). The zero-order chi connectivity index (χ0) is 36.7. The lowest BCUT2D eigenvalue weighted by atomic mass is 9.95. The standard InChI is InChI=1S/C43H47ClN4O4/c1-52-39-25-23-38(24-26-39)48(42(33-10-4-2-5-11-33)34-12-6-3-7-13-34)27-9-8-14-40(43(51)46-37-21-17-32(30-49)18-22-37)47-41(50)29-36(45)28-31-15-19-35(44)20-16-31/h2-7,10-13,15-26,36,40,42,49H,8-9,14,27-30,45H2,1H3,(H,46,51)(H,47,50). The van der Waals surface area contributed by atoms with E-state index < -0.39 is 12.1 Å². The Labute approximate surface area is 311 Å². The second kappa shape index (κ2) is 19.5. The summed E-state index contributed by atoms with van der Waals surface area (Å²) < 4.78 is 5.45. The number of rotatable bonds is 18. The highest BCUT2D eigenvalue weighted by Crippen LogP contribution is 2.34. The minimum absolute atomic E-state index is 0.0568. The first-order chi connectivity index (χ1) is 25.3. The molecule has 0 saturated heterocycles.